The molecule has 1 amide bonds. The van der Waals surface area contributed by atoms with Crippen LogP contribution >= 0.6 is 0 Å². The Bertz CT molecular complexity index is 1260. The number of carbonyl (C=O) groups is 1. The number of carbonyl (C=O) groups excluding carboxylic acids is 1. The van der Waals surface area contributed by atoms with Gasteiger partial charge >= 0.3 is 0 Å². The van der Waals surface area contributed by atoms with Crippen LogP contribution < -0.4 is 10.6 Å². The molecule has 0 saturated heterocycles. The summed E-state index contributed by atoms with van der Waals surface area (Å²) in [6, 6.07) is 9.66. The zero-order chi connectivity index (χ0) is 23.4. The number of benzene rings is 1. The van der Waals surface area contributed by atoms with E-state index < -0.39 is 0 Å². The molecule has 1 aromatic carbocycles. The molecule has 0 aliphatic heterocycles. The number of nitrogens with one attached hydrogen (secondary N) is 2. The molecule has 3 aromatic heterocycles. The first-order valence-electron chi connectivity index (χ1n) is 11.1. The monoisotopic (exact) mass is 443 g/mol. The molecule has 3 heterocycles. The fourth-order valence-electron chi connectivity index (χ4n) is 3.88. The summed E-state index contributed by atoms with van der Waals surface area (Å²) in [4.78, 5) is 25.6. The standard InChI is InChI=1S/C25H29N7O/c1-16(2)13-32-14-18(12-31-32)22-10-23(30-15-29-22)28-11-17(3)19-6-5-7-20-21(25(33)26-4)8-9-27-24(19)20/h5-10,12,14-17H,11,13H2,1-4H3,(H,26,33)(H,28,29,30)/t17-/m1/s1. The van der Waals surface area contributed by atoms with Crippen molar-refractivity contribution in [2.24, 2.45) is 5.92 Å². The van der Waals surface area contributed by atoms with Crippen molar-refractivity contribution in [2.75, 3.05) is 18.9 Å². The van der Waals surface area contributed by atoms with Crippen molar-refractivity contribution in [3.8, 4) is 11.3 Å². The molecule has 0 aliphatic carbocycles. The molecule has 4 aromatic rings. The Kier molecular flexibility index (Phi) is 6.63. The largest absolute Gasteiger partial charge is 0.369 e. The SMILES string of the molecule is CNC(=O)c1ccnc2c([C@H](C)CNc3cc(-c4cnn(CC(C)C)c4)ncn3)cccc12. The molecule has 8 nitrogen and oxygen atoms in total. The number of rotatable bonds is 8. The zero-order valence-corrected chi connectivity index (χ0v) is 19.4. The second-order valence-electron chi connectivity index (χ2n) is 8.60. The van der Waals surface area contributed by atoms with Crippen LogP contribution in [0.3, 0.4) is 0 Å². The van der Waals surface area contributed by atoms with Gasteiger partial charge in [-0.1, -0.05) is 39.0 Å². The molecule has 0 saturated carbocycles. The summed E-state index contributed by atoms with van der Waals surface area (Å²) in [6.45, 7) is 8.00. The first-order valence-corrected chi connectivity index (χ1v) is 11.1. The van der Waals surface area contributed by atoms with Crippen LogP contribution in [0.1, 0.15) is 42.6 Å². The Morgan fingerprint density at radius 3 is 2.76 bits per heavy atom. The quantitative estimate of drug-likeness (QED) is 0.425. The van der Waals surface area contributed by atoms with Gasteiger partial charge < -0.3 is 10.6 Å². The Morgan fingerprint density at radius 2 is 1.97 bits per heavy atom. The fourth-order valence-corrected chi connectivity index (χ4v) is 3.88. The number of fused-ring (bicyclic) bond motifs is 1. The van der Waals surface area contributed by atoms with Crippen molar-refractivity contribution in [1.82, 2.24) is 30.0 Å². The van der Waals surface area contributed by atoms with E-state index in [2.05, 4.69) is 57.5 Å². The Balaban J connectivity index is 1.51. The molecule has 0 unspecified atom stereocenters. The van der Waals surface area contributed by atoms with E-state index in [1.54, 1.807) is 25.6 Å². The highest BCUT2D eigenvalue weighted by atomic mass is 16.1. The number of anilines is 1. The van der Waals surface area contributed by atoms with E-state index in [0.717, 1.165) is 40.1 Å². The fraction of sp³-hybridized carbons (Fsp3) is 0.320. The second-order valence-corrected chi connectivity index (χ2v) is 8.60. The summed E-state index contributed by atoms with van der Waals surface area (Å²) in [5.74, 6) is 1.31. The van der Waals surface area contributed by atoms with E-state index in [0.29, 0.717) is 18.0 Å². The summed E-state index contributed by atoms with van der Waals surface area (Å²) >= 11 is 0. The predicted molar refractivity (Wildman–Crippen MR) is 130 cm³/mol. The first kappa shape index (κ1) is 22.4. The number of para-hydroxylation sites is 1. The number of amides is 1. The zero-order valence-electron chi connectivity index (χ0n) is 19.4. The molecule has 0 spiro atoms. The lowest BCUT2D eigenvalue weighted by molar-refractivity contribution is 0.0964. The maximum Gasteiger partial charge on any atom is 0.251 e. The summed E-state index contributed by atoms with van der Waals surface area (Å²) in [7, 11) is 1.64. The van der Waals surface area contributed by atoms with Crippen molar-refractivity contribution >= 4 is 22.6 Å². The van der Waals surface area contributed by atoms with Crippen LogP contribution in [-0.4, -0.2) is 44.2 Å². The van der Waals surface area contributed by atoms with Crippen molar-refractivity contribution < 1.29 is 4.79 Å². The van der Waals surface area contributed by atoms with Gasteiger partial charge in [-0.3, -0.25) is 14.5 Å². The van der Waals surface area contributed by atoms with Crippen LogP contribution in [-0.2, 0) is 6.54 Å². The summed E-state index contributed by atoms with van der Waals surface area (Å²) < 4.78 is 1.94. The van der Waals surface area contributed by atoms with E-state index in [1.807, 2.05) is 35.3 Å². The lowest BCUT2D eigenvalue weighted by atomic mass is 9.96. The first-order chi connectivity index (χ1) is 16.0. The van der Waals surface area contributed by atoms with Gasteiger partial charge in [0.2, 0.25) is 0 Å². The Morgan fingerprint density at radius 1 is 1.12 bits per heavy atom. The lowest BCUT2D eigenvalue weighted by Gasteiger charge is -2.16. The molecule has 2 N–H and O–H groups in total. The second kappa shape index (κ2) is 9.77. The van der Waals surface area contributed by atoms with Crippen LogP contribution in [0.2, 0.25) is 0 Å². The highest BCUT2D eigenvalue weighted by Gasteiger charge is 2.15. The Hall–Kier alpha value is -3.81. The number of hydrogen-bond donors (Lipinski definition) is 2. The van der Waals surface area contributed by atoms with Gasteiger partial charge in [0.05, 0.1) is 23.0 Å². The van der Waals surface area contributed by atoms with E-state index in [9.17, 15) is 4.79 Å². The summed E-state index contributed by atoms with van der Waals surface area (Å²) in [5, 5.41) is 11.4. The van der Waals surface area contributed by atoms with E-state index >= 15 is 0 Å². The predicted octanol–water partition coefficient (Wildman–Crippen LogP) is 4.12. The molecule has 0 aliphatic rings. The van der Waals surface area contributed by atoms with Crippen LogP contribution in [0.5, 0.6) is 0 Å². The van der Waals surface area contributed by atoms with Crippen LogP contribution in [0.15, 0.2) is 55.2 Å². The molecule has 4 rings (SSSR count). The normalized spacial score (nSPS) is 12.2. The van der Waals surface area contributed by atoms with Crippen molar-refractivity contribution in [2.45, 2.75) is 33.2 Å². The third-order valence-corrected chi connectivity index (χ3v) is 5.54. The van der Waals surface area contributed by atoms with Gasteiger partial charge in [0.25, 0.3) is 5.91 Å². The van der Waals surface area contributed by atoms with Gasteiger partial charge in [0.1, 0.15) is 12.1 Å². The van der Waals surface area contributed by atoms with Crippen molar-refractivity contribution in [3.05, 3.63) is 66.4 Å². The topological polar surface area (TPSA) is 97.6 Å². The maximum absolute atomic E-state index is 12.3. The van der Waals surface area contributed by atoms with Gasteiger partial charge in [-0.05, 0) is 17.5 Å². The van der Waals surface area contributed by atoms with E-state index in [4.69, 9.17) is 0 Å². The van der Waals surface area contributed by atoms with Gasteiger partial charge in [-0.25, -0.2) is 9.97 Å². The van der Waals surface area contributed by atoms with Crippen molar-refractivity contribution in [1.29, 1.82) is 0 Å². The van der Waals surface area contributed by atoms with Gasteiger partial charge in [0, 0.05) is 55.5 Å². The van der Waals surface area contributed by atoms with Crippen LogP contribution in [0.25, 0.3) is 22.2 Å². The minimum Gasteiger partial charge on any atom is -0.369 e. The molecular weight excluding hydrogens is 414 g/mol. The number of pyridine rings is 1. The summed E-state index contributed by atoms with van der Waals surface area (Å²) in [6.07, 6.45) is 7.10. The minimum atomic E-state index is -0.115. The number of nitrogens with zero attached hydrogens (tertiary/aromatic N) is 5. The van der Waals surface area contributed by atoms with Gasteiger partial charge in [-0.15, -0.1) is 0 Å². The molecule has 1 atom stereocenters. The number of aromatic nitrogens is 5. The van der Waals surface area contributed by atoms with Gasteiger partial charge in [-0.2, -0.15) is 5.10 Å². The Labute approximate surface area is 193 Å². The average molecular weight is 444 g/mol. The van der Waals surface area contributed by atoms with Gasteiger partial charge in [0.15, 0.2) is 0 Å². The molecule has 0 fully saturated rings. The molecule has 0 radical (unpaired) electrons. The highest BCUT2D eigenvalue weighted by Crippen LogP contribution is 2.27. The lowest BCUT2D eigenvalue weighted by Crippen LogP contribution is -2.18. The third kappa shape index (κ3) is 5.00. The maximum atomic E-state index is 12.3. The number of hydrogen-bond acceptors (Lipinski definition) is 6. The van der Waals surface area contributed by atoms with E-state index in [-0.39, 0.29) is 11.8 Å². The molecule has 8 heteroatoms. The summed E-state index contributed by atoms with van der Waals surface area (Å²) in [5.41, 5.74) is 4.35. The van der Waals surface area contributed by atoms with E-state index in [1.165, 1.54) is 0 Å². The van der Waals surface area contributed by atoms with Crippen molar-refractivity contribution in [3.63, 3.8) is 0 Å². The molecule has 170 valence electrons. The van der Waals surface area contributed by atoms with Crippen LogP contribution in [0, 0.1) is 5.92 Å². The molecule has 33 heavy (non-hydrogen) atoms. The molecule has 0 bridgehead atoms. The average Bonchev–Trinajstić information content (AvgIpc) is 3.29. The molecular formula is C25H29N7O. The highest BCUT2D eigenvalue weighted by molar-refractivity contribution is 6.06. The van der Waals surface area contributed by atoms with Crippen LogP contribution in [0.4, 0.5) is 5.82 Å². The smallest absolute Gasteiger partial charge is 0.251 e. The minimum absolute atomic E-state index is 0.115. The third-order valence-electron chi connectivity index (χ3n) is 5.54.